The zero-order valence-electron chi connectivity index (χ0n) is 12.9. The minimum absolute atomic E-state index is 0.101. The molecule has 1 saturated heterocycles. The summed E-state index contributed by atoms with van der Waals surface area (Å²) in [6.07, 6.45) is 1.86. The molecule has 0 unspecified atom stereocenters. The second kappa shape index (κ2) is 5.42. The number of hydrogen-bond acceptors (Lipinski definition) is 4. The summed E-state index contributed by atoms with van der Waals surface area (Å²) in [5.41, 5.74) is 0.427. The van der Waals surface area contributed by atoms with Crippen LogP contribution in [0.3, 0.4) is 0 Å². The van der Waals surface area contributed by atoms with Crippen molar-refractivity contribution in [2.75, 3.05) is 18.5 Å². The molecule has 0 saturated carbocycles. The summed E-state index contributed by atoms with van der Waals surface area (Å²) >= 11 is 0. The number of nitrogens with zero attached hydrogens (tertiary/aromatic N) is 1. The first-order valence-corrected chi connectivity index (χ1v) is 7.92. The predicted octanol–water partition coefficient (Wildman–Crippen LogP) is 1.90. The van der Waals surface area contributed by atoms with Gasteiger partial charge in [0.25, 0.3) is 5.56 Å². The van der Waals surface area contributed by atoms with E-state index < -0.39 is 0 Å². The lowest BCUT2D eigenvalue weighted by Gasteiger charge is -2.27. The molecule has 2 aliphatic heterocycles. The van der Waals surface area contributed by atoms with Crippen LogP contribution in [-0.4, -0.2) is 28.9 Å². The molecule has 1 atom stereocenters. The van der Waals surface area contributed by atoms with E-state index in [0.717, 1.165) is 18.6 Å². The number of aryl methyl sites for hydroxylation is 1. The first-order chi connectivity index (χ1) is 11.1. The van der Waals surface area contributed by atoms with Crippen LogP contribution in [0.4, 0.5) is 5.82 Å². The van der Waals surface area contributed by atoms with Gasteiger partial charge in [-0.05, 0) is 31.9 Å². The van der Waals surface area contributed by atoms with Gasteiger partial charge in [-0.25, -0.2) is 0 Å². The van der Waals surface area contributed by atoms with Crippen LogP contribution in [0.2, 0.25) is 0 Å². The number of amides is 1. The van der Waals surface area contributed by atoms with Crippen molar-refractivity contribution in [1.29, 1.82) is 0 Å². The molecule has 0 bridgehead atoms. The molecule has 7 nitrogen and oxygen atoms in total. The minimum Gasteiger partial charge on any atom is -0.466 e. The lowest BCUT2D eigenvalue weighted by molar-refractivity contribution is -0.116. The Morgan fingerprint density at radius 2 is 2.00 bits per heavy atom. The molecule has 23 heavy (non-hydrogen) atoms. The van der Waals surface area contributed by atoms with E-state index >= 15 is 0 Å². The van der Waals surface area contributed by atoms with E-state index in [1.54, 1.807) is 4.68 Å². The van der Waals surface area contributed by atoms with Crippen LogP contribution in [-0.2, 0) is 9.53 Å². The van der Waals surface area contributed by atoms with Gasteiger partial charge < -0.3 is 14.5 Å². The molecule has 2 aromatic rings. The molecule has 1 fully saturated rings. The van der Waals surface area contributed by atoms with Crippen LogP contribution in [0.25, 0.3) is 0 Å². The van der Waals surface area contributed by atoms with E-state index in [-0.39, 0.29) is 29.8 Å². The Morgan fingerprint density at radius 1 is 1.22 bits per heavy atom. The van der Waals surface area contributed by atoms with E-state index in [1.165, 1.54) is 0 Å². The Balaban J connectivity index is 1.80. The number of furan rings is 1. The highest BCUT2D eigenvalue weighted by atomic mass is 16.5. The molecule has 1 amide bonds. The molecule has 0 radical (unpaired) electrons. The van der Waals surface area contributed by atoms with Gasteiger partial charge in [-0.2, -0.15) is 0 Å². The molecule has 0 spiro atoms. The van der Waals surface area contributed by atoms with Crippen LogP contribution in [0, 0.1) is 6.92 Å². The Labute approximate surface area is 132 Å². The van der Waals surface area contributed by atoms with Crippen molar-refractivity contribution in [3.8, 4) is 0 Å². The van der Waals surface area contributed by atoms with Crippen LogP contribution >= 0.6 is 0 Å². The van der Waals surface area contributed by atoms with Gasteiger partial charge in [-0.15, -0.1) is 0 Å². The highest BCUT2D eigenvalue weighted by molar-refractivity contribution is 5.94. The summed E-state index contributed by atoms with van der Waals surface area (Å²) in [6.45, 7) is 3.17. The first-order valence-electron chi connectivity index (χ1n) is 7.92. The maximum absolute atomic E-state index is 12.5. The quantitative estimate of drug-likeness (QED) is 0.885. The maximum atomic E-state index is 12.5. The maximum Gasteiger partial charge on any atom is 0.270 e. The normalized spacial score (nSPS) is 22.0. The summed E-state index contributed by atoms with van der Waals surface area (Å²) in [7, 11) is 0. The van der Waals surface area contributed by atoms with Gasteiger partial charge in [0, 0.05) is 19.6 Å². The smallest absolute Gasteiger partial charge is 0.270 e. The zero-order chi connectivity index (χ0) is 16.0. The number of carbonyl (C=O) groups is 1. The molecule has 2 N–H and O–H groups in total. The number of fused-ring (bicyclic) bond motifs is 1. The molecule has 4 rings (SSSR count). The topological polar surface area (TPSA) is 89.3 Å². The Hall–Kier alpha value is -2.28. The number of anilines is 1. The van der Waals surface area contributed by atoms with Crippen molar-refractivity contribution in [1.82, 2.24) is 9.78 Å². The van der Waals surface area contributed by atoms with Crippen LogP contribution in [0.15, 0.2) is 21.3 Å². The fraction of sp³-hybridized carbons (Fsp3) is 0.500. The Kier molecular flexibility index (Phi) is 3.37. The number of ether oxygens (including phenoxy) is 1. The highest BCUT2D eigenvalue weighted by Gasteiger charge is 2.35. The van der Waals surface area contributed by atoms with E-state index in [0.29, 0.717) is 30.4 Å². The largest absolute Gasteiger partial charge is 0.466 e. The number of nitrogens with one attached hydrogen (secondary N) is 2. The molecule has 7 heteroatoms. The fourth-order valence-electron chi connectivity index (χ4n) is 3.48. The van der Waals surface area contributed by atoms with Crippen LogP contribution in [0.1, 0.15) is 48.3 Å². The number of hydrogen-bond donors (Lipinski definition) is 2. The molecule has 4 heterocycles. The number of carbonyl (C=O) groups excluding carboxylic acids is 1. The lowest BCUT2D eigenvalue weighted by Crippen LogP contribution is -2.28. The van der Waals surface area contributed by atoms with Crippen molar-refractivity contribution >= 4 is 11.7 Å². The molecule has 0 aromatic carbocycles. The van der Waals surface area contributed by atoms with Gasteiger partial charge in [0.05, 0.1) is 17.5 Å². The van der Waals surface area contributed by atoms with Crippen molar-refractivity contribution in [3.63, 3.8) is 0 Å². The highest BCUT2D eigenvalue weighted by Crippen LogP contribution is 2.37. The average Bonchev–Trinajstić information content (AvgIpc) is 3.12. The lowest BCUT2D eigenvalue weighted by atomic mass is 9.91. The SMILES string of the molecule is Cc1ccc([C@@H]2CC(=O)Nc3c2c(=O)[nH]n3C2CCOCC2)o1. The summed E-state index contributed by atoms with van der Waals surface area (Å²) in [6, 6.07) is 3.83. The third-order valence-corrected chi connectivity index (χ3v) is 4.62. The fourth-order valence-corrected chi connectivity index (χ4v) is 3.48. The summed E-state index contributed by atoms with van der Waals surface area (Å²) in [5, 5.41) is 5.76. The van der Waals surface area contributed by atoms with E-state index in [1.807, 2.05) is 19.1 Å². The zero-order valence-corrected chi connectivity index (χ0v) is 12.9. The van der Waals surface area contributed by atoms with Crippen LogP contribution in [0.5, 0.6) is 0 Å². The Bertz CT molecular complexity index is 795. The third-order valence-electron chi connectivity index (χ3n) is 4.62. The number of aromatic nitrogens is 2. The summed E-state index contributed by atoms with van der Waals surface area (Å²) < 4.78 is 12.9. The van der Waals surface area contributed by atoms with Crippen molar-refractivity contribution in [3.05, 3.63) is 39.6 Å². The standard InChI is InChI=1S/C16H19N3O4/c1-9-2-3-12(23-9)11-8-13(20)17-15-14(11)16(21)18-19(15)10-4-6-22-7-5-10/h2-3,10-11H,4-8H2,1H3,(H,17,20)(H,18,21)/t11-/m0/s1. The van der Waals surface area contributed by atoms with Crippen LogP contribution < -0.4 is 10.9 Å². The van der Waals surface area contributed by atoms with Gasteiger partial charge in [-0.1, -0.05) is 0 Å². The number of H-pyrrole nitrogens is 1. The molecule has 2 aliphatic rings. The molecule has 2 aromatic heterocycles. The Morgan fingerprint density at radius 3 is 2.70 bits per heavy atom. The molecule has 122 valence electrons. The van der Waals surface area contributed by atoms with Crippen molar-refractivity contribution < 1.29 is 13.9 Å². The monoisotopic (exact) mass is 317 g/mol. The second-order valence-corrected chi connectivity index (χ2v) is 6.17. The first kappa shape index (κ1) is 14.3. The second-order valence-electron chi connectivity index (χ2n) is 6.17. The van der Waals surface area contributed by atoms with Crippen molar-refractivity contribution in [2.24, 2.45) is 0 Å². The summed E-state index contributed by atoms with van der Waals surface area (Å²) in [4.78, 5) is 24.7. The minimum atomic E-state index is -0.336. The summed E-state index contributed by atoms with van der Waals surface area (Å²) in [5.74, 6) is 1.58. The molecule has 0 aliphatic carbocycles. The predicted molar refractivity (Wildman–Crippen MR) is 82.7 cm³/mol. The number of rotatable bonds is 2. The van der Waals surface area contributed by atoms with Gasteiger partial charge in [0.1, 0.15) is 17.3 Å². The molecular weight excluding hydrogens is 298 g/mol. The van der Waals surface area contributed by atoms with Gasteiger partial charge in [-0.3, -0.25) is 19.4 Å². The molecular formula is C16H19N3O4. The van der Waals surface area contributed by atoms with Gasteiger partial charge in [0.2, 0.25) is 5.91 Å². The number of aromatic amines is 1. The third kappa shape index (κ3) is 2.41. The van der Waals surface area contributed by atoms with E-state index in [4.69, 9.17) is 9.15 Å². The average molecular weight is 317 g/mol. The van der Waals surface area contributed by atoms with E-state index in [2.05, 4.69) is 10.4 Å². The van der Waals surface area contributed by atoms with Crippen molar-refractivity contribution in [2.45, 2.75) is 38.1 Å². The van der Waals surface area contributed by atoms with Gasteiger partial charge in [0.15, 0.2) is 0 Å². The van der Waals surface area contributed by atoms with E-state index in [9.17, 15) is 9.59 Å². The van der Waals surface area contributed by atoms with Gasteiger partial charge >= 0.3 is 0 Å².